The molecule has 2 aromatic carbocycles. The molecule has 0 aliphatic rings. The minimum absolute atomic E-state index is 0.0281. The zero-order valence-corrected chi connectivity index (χ0v) is 16.1. The van der Waals surface area contributed by atoms with Crippen LogP contribution < -0.4 is 10.2 Å². The molecule has 3 aromatic rings. The molecule has 134 valence electrons. The largest absolute Gasteiger partial charge is 0.497 e. The number of benzene rings is 2. The molecule has 0 saturated carbocycles. The number of ether oxygens (including phenoxy) is 2. The van der Waals surface area contributed by atoms with Crippen molar-refractivity contribution in [1.29, 1.82) is 0 Å². The van der Waals surface area contributed by atoms with Gasteiger partial charge in [-0.05, 0) is 42.8 Å². The molecule has 0 aliphatic carbocycles. The van der Waals surface area contributed by atoms with Crippen molar-refractivity contribution in [2.24, 2.45) is 0 Å². The Bertz CT molecular complexity index is 1030. The standard InChI is InChI=1S/C20H18BrNO4/c1-3-26-20(24)17-12-22(11-13-5-4-6-15(9-13)25-2)18-8-7-14(21)10-16(18)19(17)23/h4-10,12H,3,11H2,1-2H3. The molecule has 0 atom stereocenters. The quantitative estimate of drug-likeness (QED) is 0.590. The molecule has 26 heavy (non-hydrogen) atoms. The third kappa shape index (κ3) is 3.65. The first-order chi connectivity index (χ1) is 12.5. The maximum absolute atomic E-state index is 12.7. The molecule has 6 heteroatoms. The maximum Gasteiger partial charge on any atom is 0.343 e. The van der Waals surface area contributed by atoms with Gasteiger partial charge < -0.3 is 14.0 Å². The van der Waals surface area contributed by atoms with E-state index in [-0.39, 0.29) is 17.6 Å². The van der Waals surface area contributed by atoms with E-state index >= 15 is 0 Å². The predicted octanol–water partition coefficient (Wildman–Crippen LogP) is 4.00. The minimum atomic E-state index is -0.612. The Morgan fingerprint density at radius 1 is 1.19 bits per heavy atom. The third-order valence-corrected chi connectivity index (χ3v) is 4.52. The molecule has 1 aromatic heterocycles. The van der Waals surface area contributed by atoms with Crippen LogP contribution in [0.15, 0.2) is 57.9 Å². The van der Waals surface area contributed by atoms with Crippen LogP contribution in [0.1, 0.15) is 22.8 Å². The maximum atomic E-state index is 12.7. The molecule has 1 heterocycles. The average Bonchev–Trinajstić information content (AvgIpc) is 2.64. The van der Waals surface area contributed by atoms with Crippen LogP contribution in [-0.4, -0.2) is 24.3 Å². The summed E-state index contributed by atoms with van der Waals surface area (Å²) in [4.78, 5) is 25.0. The predicted molar refractivity (Wildman–Crippen MR) is 104 cm³/mol. The Morgan fingerprint density at radius 2 is 2.00 bits per heavy atom. The summed E-state index contributed by atoms with van der Waals surface area (Å²) in [6.45, 7) is 2.41. The number of aromatic nitrogens is 1. The van der Waals surface area contributed by atoms with Crippen molar-refractivity contribution in [1.82, 2.24) is 4.57 Å². The van der Waals surface area contributed by atoms with Crippen molar-refractivity contribution in [3.63, 3.8) is 0 Å². The smallest absolute Gasteiger partial charge is 0.343 e. The van der Waals surface area contributed by atoms with Crippen molar-refractivity contribution < 1.29 is 14.3 Å². The van der Waals surface area contributed by atoms with E-state index in [1.54, 1.807) is 26.3 Å². The number of methoxy groups -OCH3 is 1. The Labute approximate surface area is 159 Å². The van der Waals surface area contributed by atoms with E-state index in [9.17, 15) is 9.59 Å². The minimum Gasteiger partial charge on any atom is -0.497 e. The highest BCUT2D eigenvalue weighted by atomic mass is 79.9. The molecule has 0 bridgehead atoms. The van der Waals surface area contributed by atoms with Gasteiger partial charge >= 0.3 is 5.97 Å². The summed E-state index contributed by atoms with van der Waals surface area (Å²) in [6.07, 6.45) is 1.57. The second-order valence-electron chi connectivity index (χ2n) is 5.73. The highest BCUT2D eigenvalue weighted by molar-refractivity contribution is 9.10. The summed E-state index contributed by atoms with van der Waals surface area (Å²) in [7, 11) is 1.62. The highest BCUT2D eigenvalue weighted by Crippen LogP contribution is 2.21. The van der Waals surface area contributed by atoms with Gasteiger partial charge in [0.25, 0.3) is 0 Å². The van der Waals surface area contributed by atoms with Crippen LogP contribution in [0, 0.1) is 0 Å². The first-order valence-electron chi connectivity index (χ1n) is 8.16. The van der Waals surface area contributed by atoms with Gasteiger partial charge in [0, 0.05) is 22.6 Å². The van der Waals surface area contributed by atoms with E-state index in [1.807, 2.05) is 41.0 Å². The Morgan fingerprint density at radius 3 is 2.73 bits per heavy atom. The zero-order chi connectivity index (χ0) is 18.7. The topological polar surface area (TPSA) is 57.5 Å². The normalized spacial score (nSPS) is 10.7. The molecule has 0 spiro atoms. The van der Waals surface area contributed by atoms with Gasteiger partial charge in [-0.1, -0.05) is 28.1 Å². The van der Waals surface area contributed by atoms with Crippen LogP contribution in [0.5, 0.6) is 5.75 Å². The van der Waals surface area contributed by atoms with Gasteiger partial charge in [0.05, 0.1) is 19.2 Å². The van der Waals surface area contributed by atoms with E-state index in [4.69, 9.17) is 9.47 Å². The first kappa shape index (κ1) is 18.2. The summed E-state index contributed by atoms with van der Waals surface area (Å²) in [5.74, 6) is 0.139. The van der Waals surface area contributed by atoms with Crippen LogP contribution in [-0.2, 0) is 11.3 Å². The van der Waals surface area contributed by atoms with Gasteiger partial charge in [-0.25, -0.2) is 4.79 Å². The SMILES string of the molecule is CCOC(=O)c1cn(Cc2cccc(OC)c2)c2ccc(Br)cc2c1=O. The molecule has 0 saturated heterocycles. The molecule has 0 radical (unpaired) electrons. The lowest BCUT2D eigenvalue weighted by atomic mass is 10.1. The Hall–Kier alpha value is -2.60. The fourth-order valence-electron chi connectivity index (χ4n) is 2.82. The number of hydrogen-bond acceptors (Lipinski definition) is 4. The van der Waals surface area contributed by atoms with Crippen LogP contribution in [0.3, 0.4) is 0 Å². The van der Waals surface area contributed by atoms with E-state index in [1.165, 1.54) is 0 Å². The summed E-state index contributed by atoms with van der Waals surface area (Å²) >= 11 is 3.39. The van der Waals surface area contributed by atoms with Crippen molar-refractivity contribution in [3.8, 4) is 5.75 Å². The van der Waals surface area contributed by atoms with Crippen LogP contribution in [0.4, 0.5) is 0 Å². The molecule has 0 amide bonds. The van der Waals surface area contributed by atoms with Gasteiger partial charge in [-0.2, -0.15) is 0 Å². The molecule has 0 aliphatic heterocycles. The summed E-state index contributed by atoms with van der Waals surface area (Å²) in [6, 6.07) is 13.1. The molecular weight excluding hydrogens is 398 g/mol. The van der Waals surface area contributed by atoms with Gasteiger partial charge in [-0.15, -0.1) is 0 Å². The number of esters is 1. The zero-order valence-electron chi connectivity index (χ0n) is 14.5. The van der Waals surface area contributed by atoms with Gasteiger partial charge in [0.1, 0.15) is 11.3 Å². The number of fused-ring (bicyclic) bond motifs is 1. The first-order valence-corrected chi connectivity index (χ1v) is 8.95. The number of carbonyl (C=O) groups is 1. The summed E-state index contributed by atoms with van der Waals surface area (Å²) in [5, 5.41) is 0.466. The van der Waals surface area contributed by atoms with Crippen molar-refractivity contribution in [3.05, 3.63) is 74.5 Å². The number of hydrogen-bond donors (Lipinski definition) is 0. The van der Waals surface area contributed by atoms with E-state index < -0.39 is 5.97 Å². The lowest BCUT2D eigenvalue weighted by Gasteiger charge is -2.14. The molecule has 5 nitrogen and oxygen atoms in total. The van der Waals surface area contributed by atoms with Crippen LogP contribution in [0.25, 0.3) is 10.9 Å². The van der Waals surface area contributed by atoms with Crippen molar-refractivity contribution in [2.45, 2.75) is 13.5 Å². The number of halogens is 1. The van der Waals surface area contributed by atoms with Gasteiger partial charge in [-0.3, -0.25) is 4.79 Å². The number of rotatable bonds is 5. The molecule has 0 N–H and O–H groups in total. The lowest BCUT2D eigenvalue weighted by Crippen LogP contribution is -2.21. The number of nitrogens with zero attached hydrogens (tertiary/aromatic N) is 1. The Balaban J connectivity index is 2.18. The molecule has 0 fully saturated rings. The fraction of sp³-hybridized carbons (Fsp3) is 0.200. The second-order valence-corrected chi connectivity index (χ2v) is 6.65. The summed E-state index contributed by atoms with van der Waals surface area (Å²) in [5.41, 5.74) is 1.43. The van der Waals surface area contributed by atoms with Crippen molar-refractivity contribution in [2.75, 3.05) is 13.7 Å². The van der Waals surface area contributed by atoms with Crippen molar-refractivity contribution >= 4 is 32.8 Å². The van der Waals surface area contributed by atoms with E-state index in [0.29, 0.717) is 11.9 Å². The third-order valence-electron chi connectivity index (χ3n) is 4.02. The fourth-order valence-corrected chi connectivity index (χ4v) is 3.18. The average molecular weight is 416 g/mol. The van der Waals surface area contributed by atoms with Crippen LogP contribution in [0.2, 0.25) is 0 Å². The monoisotopic (exact) mass is 415 g/mol. The van der Waals surface area contributed by atoms with Crippen LogP contribution >= 0.6 is 15.9 Å². The Kier molecular flexibility index (Phi) is 5.42. The van der Waals surface area contributed by atoms with E-state index in [2.05, 4.69) is 15.9 Å². The van der Waals surface area contributed by atoms with E-state index in [0.717, 1.165) is 21.3 Å². The number of carbonyl (C=O) groups excluding carboxylic acids is 1. The molecular formula is C20H18BrNO4. The summed E-state index contributed by atoms with van der Waals surface area (Å²) < 4.78 is 13.0. The second kappa shape index (κ2) is 7.74. The molecule has 3 rings (SSSR count). The molecule has 0 unspecified atom stereocenters. The van der Waals surface area contributed by atoms with Gasteiger partial charge in [0.2, 0.25) is 5.43 Å². The lowest BCUT2D eigenvalue weighted by molar-refractivity contribution is 0.0524. The number of pyridine rings is 1. The highest BCUT2D eigenvalue weighted by Gasteiger charge is 2.17. The van der Waals surface area contributed by atoms with Gasteiger partial charge in [0.15, 0.2) is 0 Å².